The molecule has 0 spiro atoms. The largest absolute Gasteiger partial charge is 0.326 e. The number of anilines is 1. The summed E-state index contributed by atoms with van der Waals surface area (Å²) >= 11 is 0. The molecule has 9 nitrogen and oxygen atoms in total. The van der Waals surface area contributed by atoms with Crippen LogP contribution in [0.2, 0.25) is 0 Å². The zero-order valence-corrected chi connectivity index (χ0v) is 10.8. The van der Waals surface area contributed by atoms with E-state index in [1.165, 1.54) is 24.3 Å². The van der Waals surface area contributed by atoms with Gasteiger partial charge in [0.2, 0.25) is 5.91 Å². The van der Waals surface area contributed by atoms with E-state index in [1.54, 1.807) is 0 Å². The molecule has 21 heavy (non-hydrogen) atoms. The number of urea groups is 1. The fourth-order valence-electron chi connectivity index (χ4n) is 1.86. The minimum absolute atomic E-state index is 0.00105. The minimum atomic E-state index is -0.728. The van der Waals surface area contributed by atoms with Gasteiger partial charge in [-0.1, -0.05) is 6.07 Å². The summed E-state index contributed by atoms with van der Waals surface area (Å²) in [5.74, 6) is -0.868. The van der Waals surface area contributed by atoms with Crippen molar-refractivity contribution in [2.24, 2.45) is 0 Å². The summed E-state index contributed by atoms with van der Waals surface area (Å²) in [4.78, 5) is 43.9. The van der Waals surface area contributed by atoms with Gasteiger partial charge in [-0.3, -0.25) is 25.0 Å². The molecule has 0 radical (unpaired) electrons. The molecule has 2 rings (SSSR count). The molecule has 4 amide bonds. The number of benzene rings is 1. The molecule has 1 aromatic rings. The Kier molecular flexibility index (Phi) is 4.12. The zero-order valence-electron chi connectivity index (χ0n) is 10.8. The van der Waals surface area contributed by atoms with Gasteiger partial charge >= 0.3 is 6.03 Å². The van der Waals surface area contributed by atoms with Crippen molar-refractivity contribution in [1.82, 2.24) is 10.6 Å². The van der Waals surface area contributed by atoms with Gasteiger partial charge in [0.25, 0.3) is 11.6 Å². The maximum Gasteiger partial charge on any atom is 0.322 e. The first-order valence-corrected chi connectivity index (χ1v) is 6.11. The molecule has 1 aliphatic rings. The monoisotopic (exact) mass is 292 g/mol. The van der Waals surface area contributed by atoms with Crippen molar-refractivity contribution in [3.8, 4) is 0 Å². The van der Waals surface area contributed by atoms with E-state index in [-0.39, 0.29) is 18.5 Å². The first-order valence-electron chi connectivity index (χ1n) is 6.11. The summed E-state index contributed by atoms with van der Waals surface area (Å²) in [6.45, 7) is 0. The lowest BCUT2D eigenvalue weighted by molar-refractivity contribution is -0.384. The highest BCUT2D eigenvalue weighted by molar-refractivity contribution is 6.04. The number of carbonyl (C=O) groups excluding carboxylic acids is 3. The summed E-state index contributed by atoms with van der Waals surface area (Å²) in [6, 6.07) is 4.22. The average Bonchev–Trinajstić information content (AvgIpc) is 2.75. The van der Waals surface area contributed by atoms with E-state index in [1.807, 2.05) is 0 Å². The normalized spacial score (nSPS) is 17.0. The van der Waals surface area contributed by atoms with Crippen molar-refractivity contribution in [3.63, 3.8) is 0 Å². The molecule has 0 aliphatic carbocycles. The Morgan fingerprint density at radius 1 is 1.38 bits per heavy atom. The van der Waals surface area contributed by atoms with Crippen LogP contribution >= 0.6 is 0 Å². The Hall–Kier alpha value is -2.97. The first-order chi connectivity index (χ1) is 9.95. The third kappa shape index (κ3) is 3.75. The van der Waals surface area contributed by atoms with E-state index in [0.29, 0.717) is 5.69 Å². The molecule has 0 aromatic heterocycles. The number of non-ortho nitro benzene ring substituents is 1. The van der Waals surface area contributed by atoms with Crippen LogP contribution in [0.3, 0.4) is 0 Å². The number of carbonyl (C=O) groups is 3. The summed E-state index contributed by atoms with van der Waals surface area (Å²) in [7, 11) is 0. The minimum Gasteiger partial charge on any atom is -0.326 e. The predicted octanol–water partition coefficient (Wildman–Crippen LogP) is 0.521. The van der Waals surface area contributed by atoms with E-state index in [9.17, 15) is 24.5 Å². The van der Waals surface area contributed by atoms with Gasteiger partial charge in [-0.05, 0) is 12.5 Å². The van der Waals surface area contributed by atoms with E-state index < -0.39 is 28.8 Å². The van der Waals surface area contributed by atoms with Gasteiger partial charge in [-0.25, -0.2) is 4.79 Å². The fraction of sp³-hybridized carbons (Fsp3) is 0.250. The van der Waals surface area contributed by atoms with Crippen molar-refractivity contribution in [1.29, 1.82) is 0 Å². The zero-order chi connectivity index (χ0) is 15.4. The molecule has 1 heterocycles. The number of rotatable bonds is 5. The second kappa shape index (κ2) is 5.99. The molecule has 0 saturated carbocycles. The van der Waals surface area contributed by atoms with E-state index in [2.05, 4.69) is 16.0 Å². The Balaban J connectivity index is 1.87. The molecule has 1 aromatic carbocycles. The van der Waals surface area contributed by atoms with Gasteiger partial charge in [0.05, 0.1) is 4.92 Å². The van der Waals surface area contributed by atoms with Gasteiger partial charge in [0.1, 0.15) is 6.04 Å². The highest BCUT2D eigenvalue weighted by atomic mass is 16.6. The third-order valence-corrected chi connectivity index (χ3v) is 2.86. The van der Waals surface area contributed by atoms with Crippen LogP contribution in [0.25, 0.3) is 0 Å². The Labute approximate surface area is 118 Å². The maximum atomic E-state index is 11.7. The average molecular weight is 292 g/mol. The van der Waals surface area contributed by atoms with Gasteiger partial charge in [-0.2, -0.15) is 0 Å². The third-order valence-electron chi connectivity index (χ3n) is 2.86. The van der Waals surface area contributed by atoms with Crippen LogP contribution in [0, 0.1) is 10.1 Å². The molecule has 3 N–H and O–H groups in total. The summed E-state index contributed by atoms with van der Waals surface area (Å²) in [5, 5.41) is 17.6. The Morgan fingerprint density at radius 3 is 2.76 bits per heavy atom. The molecule has 1 saturated heterocycles. The molecular formula is C12H12N4O5. The summed E-state index contributed by atoms with van der Waals surface area (Å²) in [5.41, 5.74) is 0.171. The number of nitro benzene ring substituents is 1. The molecule has 9 heteroatoms. The summed E-state index contributed by atoms with van der Waals surface area (Å²) in [6.07, 6.45) is 0.152. The van der Waals surface area contributed by atoms with Crippen LogP contribution in [-0.2, 0) is 9.59 Å². The lowest BCUT2D eigenvalue weighted by Gasteiger charge is -2.07. The highest BCUT2D eigenvalue weighted by Gasteiger charge is 2.29. The molecule has 0 bridgehead atoms. The number of imide groups is 1. The fourth-order valence-corrected chi connectivity index (χ4v) is 1.86. The molecule has 1 fully saturated rings. The second-order valence-corrected chi connectivity index (χ2v) is 4.41. The lowest BCUT2D eigenvalue weighted by atomic mass is 10.1. The van der Waals surface area contributed by atoms with Crippen LogP contribution in [0.4, 0.5) is 16.2 Å². The highest BCUT2D eigenvalue weighted by Crippen LogP contribution is 2.17. The van der Waals surface area contributed by atoms with Crippen molar-refractivity contribution in [3.05, 3.63) is 34.4 Å². The van der Waals surface area contributed by atoms with Crippen LogP contribution in [-0.4, -0.2) is 28.8 Å². The van der Waals surface area contributed by atoms with Crippen LogP contribution in [0.15, 0.2) is 24.3 Å². The number of nitrogens with one attached hydrogen (secondary N) is 3. The summed E-state index contributed by atoms with van der Waals surface area (Å²) < 4.78 is 0. The quantitative estimate of drug-likeness (QED) is 0.413. The molecule has 1 atom stereocenters. The second-order valence-electron chi connectivity index (χ2n) is 4.41. The topological polar surface area (TPSA) is 130 Å². The van der Waals surface area contributed by atoms with Crippen molar-refractivity contribution in [2.45, 2.75) is 18.9 Å². The van der Waals surface area contributed by atoms with Crippen molar-refractivity contribution >= 4 is 29.2 Å². The van der Waals surface area contributed by atoms with Crippen LogP contribution in [0.5, 0.6) is 0 Å². The maximum absolute atomic E-state index is 11.7. The number of nitro groups is 1. The smallest absolute Gasteiger partial charge is 0.322 e. The van der Waals surface area contributed by atoms with Crippen LogP contribution < -0.4 is 16.0 Å². The number of amides is 4. The standard InChI is InChI=1S/C12H12N4O5/c17-10(5-4-9-11(18)15-12(19)14-9)13-7-2-1-3-8(6-7)16(20)21/h1-3,6,9H,4-5H2,(H,13,17)(H2,14,15,18,19)/t9-/m0/s1. The molecular weight excluding hydrogens is 280 g/mol. The molecule has 0 unspecified atom stereocenters. The van der Waals surface area contributed by atoms with Gasteiger partial charge in [0, 0.05) is 24.2 Å². The van der Waals surface area contributed by atoms with Crippen molar-refractivity contribution < 1.29 is 19.3 Å². The first kappa shape index (κ1) is 14.4. The van der Waals surface area contributed by atoms with Gasteiger partial charge in [-0.15, -0.1) is 0 Å². The number of nitrogens with zero attached hydrogens (tertiary/aromatic N) is 1. The Morgan fingerprint density at radius 2 is 2.14 bits per heavy atom. The van der Waals surface area contributed by atoms with E-state index >= 15 is 0 Å². The molecule has 1 aliphatic heterocycles. The Bertz CT molecular complexity index is 615. The van der Waals surface area contributed by atoms with Gasteiger partial charge in [0.15, 0.2) is 0 Å². The van der Waals surface area contributed by atoms with Crippen molar-refractivity contribution in [2.75, 3.05) is 5.32 Å². The number of hydrogen-bond acceptors (Lipinski definition) is 5. The van der Waals surface area contributed by atoms with E-state index in [4.69, 9.17) is 0 Å². The molecule has 110 valence electrons. The predicted molar refractivity (Wildman–Crippen MR) is 71.4 cm³/mol. The van der Waals surface area contributed by atoms with E-state index in [0.717, 1.165) is 0 Å². The van der Waals surface area contributed by atoms with Crippen LogP contribution in [0.1, 0.15) is 12.8 Å². The van der Waals surface area contributed by atoms with Gasteiger partial charge < -0.3 is 10.6 Å². The number of hydrogen-bond donors (Lipinski definition) is 3. The SMILES string of the molecule is O=C(CC[C@@H]1NC(=O)NC1=O)Nc1cccc([N+](=O)[O-])c1. The lowest BCUT2D eigenvalue weighted by Crippen LogP contribution is -2.30.